The first-order valence-electron chi connectivity index (χ1n) is 7.73. The first kappa shape index (κ1) is 18.4. The monoisotopic (exact) mass is 388 g/mol. The van der Waals surface area contributed by atoms with E-state index < -0.39 is 18.3 Å². The summed E-state index contributed by atoms with van der Waals surface area (Å²) in [5, 5.41) is 2.86. The summed E-state index contributed by atoms with van der Waals surface area (Å²) < 4.78 is 41.2. The van der Waals surface area contributed by atoms with Crippen molar-refractivity contribution in [3.8, 4) is 5.75 Å². The third-order valence-corrected chi connectivity index (χ3v) is 4.81. The van der Waals surface area contributed by atoms with Gasteiger partial charge in [0.05, 0.1) is 16.8 Å². The second-order valence-corrected chi connectivity index (χ2v) is 6.67. The van der Waals surface area contributed by atoms with Crippen molar-refractivity contribution in [3.63, 3.8) is 0 Å². The first-order chi connectivity index (χ1) is 12.3. The number of nitrogens with zero attached hydrogens (tertiary/aromatic N) is 2. The Kier molecular flexibility index (Phi) is 5.01. The lowest BCUT2D eigenvalue weighted by atomic mass is 10.2. The molecule has 2 amide bonds. The van der Waals surface area contributed by atoms with Gasteiger partial charge in [-0.3, -0.25) is 9.59 Å². The number of halogens is 3. The van der Waals surface area contributed by atoms with Gasteiger partial charge in [-0.1, -0.05) is 11.3 Å². The molecule has 0 radical (unpaired) electrons. The molecule has 3 rings (SSSR count). The molecular weight excluding hydrogens is 373 g/mol. The van der Waals surface area contributed by atoms with E-state index >= 15 is 0 Å². The predicted octanol–water partition coefficient (Wildman–Crippen LogP) is 2.08. The van der Waals surface area contributed by atoms with Gasteiger partial charge in [0, 0.05) is 12.6 Å². The normalized spacial score (nSPS) is 17.5. The van der Waals surface area contributed by atoms with Gasteiger partial charge >= 0.3 is 6.36 Å². The Hall–Kier alpha value is -2.40. The SMILES string of the molecule is NCC(=O)N1CCC[C@H]1C(=O)Nc1nc2ccc(OC(F)(F)F)cc2s1. The zero-order valence-electron chi connectivity index (χ0n) is 13.4. The number of ether oxygens (including phenoxy) is 1. The molecule has 1 saturated heterocycles. The van der Waals surface area contributed by atoms with E-state index in [0.717, 1.165) is 17.4 Å². The van der Waals surface area contributed by atoms with E-state index in [9.17, 15) is 22.8 Å². The second-order valence-electron chi connectivity index (χ2n) is 5.63. The highest BCUT2D eigenvalue weighted by Crippen LogP contribution is 2.32. The van der Waals surface area contributed by atoms with E-state index in [1.165, 1.54) is 17.0 Å². The van der Waals surface area contributed by atoms with E-state index in [-0.39, 0.29) is 23.3 Å². The van der Waals surface area contributed by atoms with Gasteiger partial charge in [0.15, 0.2) is 5.13 Å². The summed E-state index contributed by atoms with van der Waals surface area (Å²) >= 11 is 1.02. The van der Waals surface area contributed by atoms with Crippen molar-refractivity contribution in [3.05, 3.63) is 18.2 Å². The van der Waals surface area contributed by atoms with E-state index in [0.29, 0.717) is 29.6 Å². The Morgan fingerprint density at radius 2 is 2.19 bits per heavy atom. The van der Waals surface area contributed by atoms with Crippen LogP contribution < -0.4 is 15.8 Å². The van der Waals surface area contributed by atoms with Crippen molar-refractivity contribution in [1.82, 2.24) is 9.88 Å². The number of fused-ring (bicyclic) bond motifs is 1. The number of anilines is 1. The summed E-state index contributed by atoms with van der Waals surface area (Å²) in [4.78, 5) is 29.8. The van der Waals surface area contributed by atoms with Gasteiger partial charge in [-0.15, -0.1) is 13.2 Å². The van der Waals surface area contributed by atoms with E-state index in [4.69, 9.17) is 5.73 Å². The van der Waals surface area contributed by atoms with Crippen molar-refractivity contribution < 1.29 is 27.5 Å². The number of likely N-dealkylation sites (tertiary alicyclic amines) is 1. The number of rotatable bonds is 4. The minimum Gasteiger partial charge on any atom is -0.406 e. The number of hydrogen-bond donors (Lipinski definition) is 2. The number of nitrogens with one attached hydrogen (secondary N) is 1. The Morgan fingerprint density at radius 1 is 1.42 bits per heavy atom. The quantitative estimate of drug-likeness (QED) is 0.836. The summed E-state index contributed by atoms with van der Waals surface area (Å²) in [6.45, 7) is 0.291. The number of thiazole rings is 1. The highest BCUT2D eigenvalue weighted by molar-refractivity contribution is 7.22. The van der Waals surface area contributed by atoms with Crippen molar-refractivity contribution in [2.24, 2.45) is 5.73 Å². The fraction of sp³-hybridized carbons (Fsp3) is 0.400. The smallest absolute Gasteiger partial charge is 0.406 e. The molecule has 2 heterocycles. The third-order valence-electron chi connectivity index (χ3n) is 3.87. The maximum Gasteiger partial charge on any atom is 0.573 e. The average molecular weight is 388 g/mol. The molecule has 0 bridgehead atoms. The number of benzene rings is 1. The molecule has 2 aromatic rings. The molecule has 0 aliphatic carbocycles. The van der Waals surface area contributed by atoms with Crippen LogP contribution in [0.2, 0.25) is 0 Å². The van der Waals surface area contributed by atoms with Crippen LogP contribution in [0.5, 0.6) is 5.75 Å². The molecule has 7 nitrogen and oxygen atoms in total. The molecule has 0 unspecified atom stereocenters. The molecule has 0 saturated carbocycles. The van der Waals surface area contributed by atoms with Crippen LogP contribution in [0.4, 0.5) is 18.3 Å². The van der Waals surface area contributed by atoms with Gasteiger partial charge in [-0.05, 0) is 25.0 Å². The zero-order chi connectivity index (χ0) is 18.9. The highest BCUT2D eigenvalue weighted by atomic mass is 32.1. The fourth-order valence-corrected chi connectivity index (χ4v) is 3.70. The molecule has 1 aromatic heterocycles. The molecule has 3 N–H and O–H groups in total. The van der Waals surface area contributed by atoms with E-state index in [2.05, 4.69) is 15.0 Å². The Bertz CT molecular complexity index is 839. The Balaban J connectivity index is 1.74. The first-order valence-corrected chi connectivity index (χ1v) is 8.55. The summed E-state index contributed by atoms with van der Waals surface area (Å²) in [5.74, 6) is -1.06. The molecule has 26 heavy (non-hydrogen) atoms. The number of amides is 2. The maximum absolute atomic E-state index is 12.4. The van der Waals surface area contributed by atoms with Crippen molar-refractivity contribution in [2.45, 2.75) is 25.2 Å². The highest BCUT2D eigenvalue weighted by Gasteiger charge is 2.34. The van der Waals surface area contributed by atoms with Crippen LogP contribution in [0, 0.1) is 0 Å². The van der Waals surface area contributed by atoms with Gasteiger partial charge in [0.25, 0.3) is 0 Å². The van der Waals surface area contributed by atoms with Crippen LogP contribution in [-0.2, 0) is 9.59 Å². The van der Waals surface area contributed by atoms with Crippen LogP contribution in [0.25, 0.3) is 10.2 Å². The fourth-order valence-electron chi connectivity index (χ4n) is 2.80. The van der Waals surface area contributed by atoms with Crippen molar-refractivity contribution in [2.75, 3.05) is 18.4 Å². The van der Waals surface area contributed by atoms with Gasteiger partial charge in [0.2, 0.25) is 11.8 Å². The summed E-state index contributed by atoms with van der Waals surface area (Å²) in [6, 6.07) is 3.11. The number of nitrogens with two attached hydrogens (primary N) is 1. The molecule has 0 spiro atoms. The number of aromatic nitrogens is 1. The molecule has 11 heteroatoms. The van der Waals surface area contributed by atoms with E-state index in [1.807, 2.05) is 0 Å². The number of carbonyl (C=O) groups is 2. The zero-order valence-corrected chi connectivity index (χ0v) is 14.2. The lowest BCUT2D eigenvalue weighted by molar-refractivity contribution is -0.274. The van der Waals surface area contributed by atoms with Crippen LogP contribution in [0.1, 0.15) is 12.8 Å². The minimum atomic E-state index is -4.78. The third kappa shape index (κ3) is 4.05. The van der Waals surface area contributed by atoms with Crippen LogP contribution in [0.15, 0.2) is 18.2 Å². The number of carbonyl (C=O) groups excluding carboxylic acids is 2. The van der Waals surface area contributed by atoms with Gasteiger partial charge in [-0.2, -0.15) is 0 Å². The molecule has 1 atom stereocenters. The predicted molar refractivity (Wildman–Crippen MR) is 88.7 cm³/mol. The standard InChI is InChI=1S/C15H15F3N4O3S/c16-15(17,18)25-8-3-4-9-11(6-8)26-14(20-9)21-13(24)10-2-1-5-22(10)12(23)7-19/h3-4,6,10H,1-2,5,7,19H2,(H,20,21,24)/t10-/m0/s1. The minimum absolute atomic E-state index is 0.174. The second kappa shape index (κ2) is 7.08. The summed E-state index contributed by atoms with van der Waals surface area (Å²) in [5.41, 5.74) is 5.78. The van der Waals surface area contributed by atoms with Crippen LogP contribution in [0.3, 0.4) is 0 Å². The van der Waals surface area contributed by atoms with Crippen LogP contribution in [-0.4, -0.2) is 47.2 Å². The Morgan fingerprint density at radius 3 is 2.88 bits per heavy atom. The molecule has 1 aromatic carbocycles. The molecule has 1 aliphatic rings. The number of hydrogen-bond acceptors (Lipinski definition) is 6. The largest absolute Gasteiger partial charge is 0.573 e. The molecular formula is C15H15F3N4O3S. The lowest BCUT2D eigenvalue weighted by Crippen LogP contribution is -2.45. The molecule has 140 valence electrons. The topological polar surface area (TPSA) is 97.6 Å². The van der Waals surface area contributed by atoms with Crippen molar-refractivity contribution in [1.29, 1.82) is 0 Å². The lowest BCUT2D eigenvalue weighted by Gasteiger charge is -2.22. The van der Waals surface area contributed by atoms with E-state index in [1.54, 1.807) is 0 Å². The van der Waals surface area contributed by atoms with Gasteiger partial charge in [-0.25, -0.2) is 4.98 Å². The van der Waals surface area contributed by atoms with Crippen molar-refractivity contribution >= 4 is 38.5 Å². The van der Waals surface area contributed by atoms with Crippen LogP contribution >= 0.6 is 11.3 Å². The number of alkyl halides is 3. The average Bonchev–Trinajstić information content (AvgIpc) is 3.18. The molecule has 1 fully saturated rings. The molecule has 1 aliphatic heterocycles. The Labute approximate surface area is 149 Å². The maximum atomic E-state index is 12.4. The summed E-state index contributed by atoms with van der Waals surface area (Å²) in [7, 11) is 0. The summed E-state index contributed by atoms with van der Waals surface area (Å²) in [6.07, 6.45) is -3.56. The van der Waals surface area contributed by atoms with Gasteiger partial charge in [0.1, 0.15) is 11.8 Å². The van der Waals surface area contributed by atoms with Gasteiger partial charge < -0.3 is 20.7 Å².